The van der Waals surface area contributed by atoms with Crippen LogP contribution >= 0.6 is 0 Å². The van der Waals surface area contributed by atoms with Crippen LogP contribution in [0.25, 0.3) is 20.9 Å². The lowest BCUT2D eigenvalue weighted by atomic mass is 10.0. The summed E-state index contributed by atoms with van der Waals surface area (Å²) in [5.41, 5.74) is 17.7. The molecule has 0 amide bonds. The van der Waals surface area contributed by atoms with E-state index in [4.69, 9.17) is 15.8 Å². The highest BCUT2D eigenvalue weighted by Gasteiger charge is 2.55. The molecule has 0 aliphatic heterocycles. The van der Waals surface area contributed by atoms with Gasteiger partial charge in [0.25, 0.3) is 20.0 Å². The molecule has 2 rings (SSSR count). The summed E-state index contributed by atoms with van der Waals surface area (Å²) in [5, 5.41) is 0. The fourth-order valence-electron chi connectivity index (χ4n) is 4.66. The van der Waals surface area contributed by atoms with Gasteiger partial charge in [0.1, 0.15) is 11.5 Å². The monoisotopic (exact) mass is 590 g/mol. The topological polar surface area (TPSA) is 175 Å². The van der Waals surface area contributed by atoms with Crippen molar-refractivity contribution in [1.82, 2.24) is 0 Å². The van der Waals surface area contributed by atoms with Crippen molar-refractivity contribution >= 4 is 20.0 Å². The quantitative estimate of drug-likeness (QED) is 0.0645. The average molecular weight is 591 g/mol. The molecule has 0 aliphatic carbocycles. The average Bonchev–Trinajstić information content (AvgIpc) is 2.92. The molecule has 11 nitrogen and oxygen atoms in total. The maximum atomic E-state index is 13.3. The zero-order valence-electron chi connectivity index (χ0n) is 22.9. The van der Waals surface area contributed by atoms with E-state index in [-0.39, 0.29) is 12.0 Å². The van der Waals surface area contributed by atoms with E-state index < -0.39 is 30.5 Å². The fraction of sp³-hybridized carbons (Fsp3) is 0.556. The molecule has 0 spiro atoms. The van der Waals surface area contributed by atoms with Gasteiger partial charge in [0, 0.05) is 18.9 Å². The highest BCUT2D eigenvalue weighted by Crippen LogP contribution is 2.44. The number of unbranched alkanes of at least 4 members (excludes halogenated alkanes) is 11. The second-order valence-corrected chi connectivity index (χ2v) is 13.5. The Labute approximate surface area is 237 Å². The van der Waals surface area contributed by atoms with E-state index in [2.05, 4.69) is 25.8 Å². The molecule has 0 radical (unpaired) electrons. The molecule has 0 N–H and O–H groups in total. The lowest BCUT2D eigenvalue weighted by Crippen LogP contribution is -2.41. The number of hydrogen-bond donors (Lipinski definition) is 0. The number of sulfonamides is 2. The zero-order chi connectivity index (χ0) is 29.3. The van der Waals surface area contributed by atoms with E-state index in [0.29, 0.717) is 17.9 Å². The molecule has 2 aromatic rings. The van der Waals surface area contributed by atoms with Gasteiger partial charge in [-0.3, -0.25) is 0 Å². The summed E-state index contributed by atoms with van der Waals surface area (Å²) >= 11 is 0. The van der Waals surface area contributed by atoms with Crippen LogP contribution in [0.5, 0.6) is 11.5 Å². The molecule has 0 fully saturated rings. The third-order valence-electron chi connectivity index (χ3n) is 6.75. The molecular weight excluding hydrogens is 552 g/mol. The predicted molar refractivity (Wildman–Crippen MR) is 156 cm³/mol. The van der Waals surface area contributed by atoms with Crippen LogP contribution in [0.4, 0.5) is 0 Å². The van der Waals surface area contributed by atoms with Crippen molar-refractivity contribution in [3.63, 3.8) is 0 Å². The van der Waals surface area contributed by atoms with Gasteiger partial charge in [0.15, 0.2) is 0 Å². The standard InChI is InChI=1S/C27H38N6O5S2/c1-2-3-4-5-6-7-8-9-10-11-12-16-23-27(39(34,35)32-30-28,40(36,37)33-31-29)24-19-21-26(22-20-24)38-25-17-14-13-15-18-25/h13-15,17-22H,2-12,16,23H2,1H3. The fourth-order valence-corrected chi connectivity index (χ4v) is 8.05. The smallest absolute Gasteiger partial charge is 0.260 e. The van der Waals surface area contributed by atoms with Crippen LogP contribution in [-0.2, 0) is 24.1 Å². The van der Waals surface area contributed by atoms with Crippen molar-refractivity contribution in [3.05, 3.63) is 81.0 Å². The van der Waals surface area contributed by atoms with Crippen LogP contribution in [0.2, 0.25) is 0 Å². The number of nitrogens with zero attached hydrogens (tertiary/aromatic N) is 6. The minimum absolute atomic E-state index is 0.194. The molecule has 0 aliphatic rings. The van der Waals surface area contributed by atoms with Crippen molar-refractivity contribution in [2.45, 2.75) is 94.5 Å². The van der Waals surface area contributed by atoms with Crippen molar-refractivity contribution in [1.29, 1.82) is 0 Å². The van der Waals surface area contributed by atoms with Gasteiger partial charge in [-0.15, -0.1) is 0 Å². The number of para-hydroxylation sites is 1. The Morgan fingerprint density at radius 3 is 1.52 bits per heavy atom. The van der Waals surface area contributed by atoms with Gasteiger partial charge >= 0.3 is 0 Å². The first-order valence-corrected chi connectivity index (χ1v) is 16.6. The maximum absolute atomic E-state index is 13.3. The number of azide groups is 2. The van der Waals surface area contributed by atoms with Gasteiger partial charge in [-0.1, -0.05) is 114 Å². The summed E-state index contributed by atoms with van der Waals surface area (Å²) in [6.07, 6.45) is 11.7. The number of hydrogen-bond acceptors (Lipinski definition) is 5. The normalized spacial score (nSPS) is 13.0. The summed E-state index contributed by atoms with van der Waals surface area (Å²) in [6, 6.07) is 14.2. The van der Waals surface area contributed by atoms with Crippen LogP contribution in [-0.4, -0.2) is 16.8 Å². The number of ether oxygens (including phenoxy) is 1. The number of benzene rings is 2. The molecule has 0 atom stereocenters. The van der Waals surface area contributed by atoms with Crippen LogP contribution in [0.3, 0.4) is 0 Å². The molecule has 13 heteroatoms. The molecule has 0 bridgehead atoms. The first-order valence-electron chi connectivity index (χ1n) is 13.7. The Morgan fingerprint density at radius 1 is 0.650 bits per heavy atom. The summed E-state index contributed by atoms with van der Waals surface area (Å²) in [5.74, 6) is 0.859. The van der Waals surface area contributed by atoms with Crippen molar-refractivity contribution < 1.29 is 21.6 Å². The molecule has 0 aromatic heterocycles. The summed E-state index contributed by atoms with van der Waals surface area (Å²) in [4.78, 5) is 4.74. The minimum Gasteiger partial charge on any atom is -0.457 e. The highest BCUT2D eigenvalue weighted by atomic mass is 32.3. The SMILES string of the molecule is CCCCCCCCCCCCCCC(c1ccc(Oc2ccccc2)cc1)(S(=O)(=O)N=[N+]=[N-])S(=O)(=O)N=[N+]=[N-]. The zero-order valence-corrected chi connectivity index (χ0v) is 24.6. The molecular formula is C27H38N6O5S2. The third-order valence-corrected chi connectivity index (χ3v) is 11.1. The van der Waals surface area contributed by atoms with Gasteiger partial charge in [-0.25, -0.2) is 16.8 Å². The molecule has 0 saturated heterocycles. The van der Waals surface area contributed by atoms with E-state index in [0.717, 1.165) is 25.7 Å². The van der Waals surface area contributed by atoms with E-state index >= 15 is 0 Å². The molecule has 40 heavy (non-hydrogen) atoms. The third kappa shape index (κ3) is 9.16. The second kappa shape index (κ2) is 16.8. The molecule has 218 valence electrons. The highest BCUT2D eigenvalue weighted by molar-refractivity contribution is 8.08. The number of rotatable bonds is 20. The Balaban J connectivity index is 2.20. The van der Waals surface area contributed by atoms with Gasteiger partial charge in [-0.2, -0.15) is 0 Å². The van der Waals surface area contributed by atoms with Crippen molar-refractivity contribution in [2.24, 2.45) is 9.04 Å². The van der Waals surface area contributed by atoms with Gasteiger partial charge in [0.2, 0.25) is 4.08 Å². The van der Waals surface area contributed by atoms with Gasteiger partial charge in [-0.05, 0) is 47.3 Å². The Hall–Kier alpha value is -3.24. The lowest BCUT2D eigenvalue weighted by Gasteiger charge is -2.29. The minimum atomic E-state index is -5.04. The molecule has 0 heterocycles. The van der Waals surface area contributed by atoms with Gasteiger partial charge < -0.3 is 4.74 Å². The summed E-state index contributed by atoms with van der Waals surface area (Å²) in [6.45, 7) is 2.19. The van der Waals surface area contributed by atoms with Crippen LogP contribution < -0.4 is 4.74 Å². The molecule has 2 aromatic carbocycles. The first kappa shape index (κ1) is 33.0. The largest absolute Gasteiger partial charge is 0.457 e. The van der Waals surface area contributed by atoms with Crippen molar-refractivity contribution in [3.8, 4) is 11.5 Å². The second-order valence-electron chi connectivity index (χ2n) is 9.62. The van der Waals surface area contributed by atoms with Crippen LogP contribution in [0.1, 0.15) is 96.0 Å². The Bertz CT molecular complexity index is 1310. The summed E-state index contributed by atoms with van der Waals surface area (Å²) < 4.78 is 61.8. The van der Waals surface area contributed by atoms with E-state index in [9.17, 15) is 16.8 Å². The Morgan fingerprint density at radius 2 is 1.07 bits per heavy atom. The van der Waals surface area contributed by atoms with Crippen molar-refractivity contribution in [2.75, 3.05) is 0 Å². The van der Waals surface area contributed by atoms with E-state index in [1.165, 1.54) is 62.8 Å². The van der Waals surface area contributed by atoms with E-state index in [1.807, 2.05) is 6.07 Å². The Kier molecular flexibility index (Phi) is 13.8. The first-order chi connectivity index (χ1) is 19.2. The maximum Gasteiger partial charge on any atom is 0.260 e. The van der Waals surface area contributed by atoms with Crippen LogP contribution in [0, 0.1) is 0 Å². The van der Waals surface area contributed by atoms with E-state index in [1.54, 1.807) is 24.3 Å². The lowest BCUT2D eigenvalue weighted by molar-refractivity contribution is 0.480. The van der Waals surface area contributed by atoms with Crippen LogP contribution in [0.15, 0.2) is 63.6 Å². The summed E-state index contributed by atoms with van der Waals surface area (Å²) in [7, 11) is -10.1. The molecule has 0 saturated carbocycles. The van der Waals surface area contributed by atoms with Gasteiger partial charge in [0.05, 0.1) is 0 Å². The predicted octanol–water partition coefficient (Wildman–Crippen LogP) is 9.00. The molecule has 0 unspecified atom stereocenters.